The Morgan fingerprint density at radius 3 is 2.65 bits per heavy atom. The van der Waals surface area contributed by atoms with Crippen molar-refractivity contribution in [1.29, 1.82) is 0 Å². The zero-order valence-electron chi connectivity index (χ0n) is 18.0. The number of aromatic nitrogens is 1. The molecular weight excluding hydrogens is 487 g/mol. The van der Waals surface area contributed by atoms with Gasteiger partial charge in [-0.3, -0.25) is 9.62 Å². The maximum atomic E-state index is 15.2. The highest BCUT2D eigenvalue weighted by Gasteiger charge is 2.38. The van der Waals surface area contributed by atoms with Crippen LogP contribution in [0, 0.1) is 11.6 Å². The number of benzene rings is 2. The molecule has 1 saturated heterocycles. The SMILES string of the molecule is O=S(=O)(Nc1nccs1)c1cc2c(cc1F)[C@@H](N1CCC(F)C[C@H]1c1ccc(F)cc1)CCO2. The first-order valence-electron chi connectivity index (χ1n) is 10.9. The fourth-order valence-corrected chi connectivity index (χ4v) is 6.56. The molecule has 6 nitrogen and oxygen atoms in total. The van der Waals surface area contributed by atoms with Crippen molar-refractivity contribution >= 4 is 26.5 Å². The van der Waals surface area contributed by atoms with E-state index < -0.39 is 26.9 Å². The second kappa shape index (κ2) is 9.20. The molecule has 3 aromatic rings. The number of likely N-dealkylation sites (tertiary alicyclic amines) is 1. The van der Waals surface area contributed by atoms with Gasteiger partial charge in [0, 0.05) is 48.3 Å². The Kier molecular flexibility index (Phi) is 6.26. The quantitative estimate of drug-likeness (QED) is 0.511. The van der Waals surface area contributed by atoms with Gasteiger partial charge in [0.25, 0.3) is 10.0 Å². The molecule has 1 fully saturated rings. The minimum absolute atomic E-state index is 0.132. The van der Waals surface area contributed by atoms with Gasteiger partial charge in [0.2, 0.25) is 0 Å². The molecule has 2 aliphatic rings. The molecule has 0 amide bonds. The van der Waals surface area contributed by atoms with E-state index in [1.807, 2.05) is 0 Å². The highest BCUT2D eigenvalue weighted by Crippen LogP contribution is 2.45. The number of piperidine rings is 1. The summed E-state index contributed by atoms with van der Waals surface area (Å²) in [6, 6.07) is 7.75. The second-order valence-corrected chi connectivity index (χ2v) is 10.9. The molecule has 2 aliphatic heterocycles. The van der Waals surface area contributed by atoms with Crippen LogP contribution >= 0.6 is 11.3 Å². The van der Waals surface area contributed by atoms with Crippen LogP contribution < -0.4 is 9.46 Å². The predicted molar refractivity (Wildman–Crippen MR) is 122 cm³/mol. The number of fused-ring (bicyclic) bond motifs is 1. The normalized spacial score (nSPS) is 23.2. The maximum absolute atomic E-state index is 15.2. The van der Waals surface area contributed by atoms with Crippen LogP contribution in [0.25, 0.3) is 0 Å². The van der Waals surface area contributed by atoms with Gasteiger partial charge in [0.1, 0.15) is 28.5 Å². The van der Waals surface area contributed by atoms with Crippen LogP contribution in [-0.2, 0) is 10.0 Å². The van der Waals surface area contributed by atoms with Gasteiger partial charge in [-0.25, -0.2) is 26.6 Å². The van der Waals surface area contributed by atoms with Crippen LogP contribution in [-0.4, -0.2) is 37.6 Å². The molecule has 180 valence electrons. The number of ether oxygens (including phenoxy) is 1. The molecule has 11 heteroatoms. The fourth-order valence-electron chi connectivity index (χ4n) is 4.69. The van der Waals surface area contributed by atoms with E-state index in [0.29, 0.717) is 31.6 Å². The summed E-state index contributed by atoms with van der Waals surface area (Å²) in [5.41, 5.74) is 1.30. The summed E-state index contributed by atoms with van der Waals surface area (Å²) in [5, 5.41) is 1.74. The van der Waals surface area contributed by atoms with Crippen molar-refractivity contribution in [3.05, 3.63) is 70.7 Å². The van der Waals surface area contributed by atoms with E-state index in [-0.39, 0.29) is 35.2 Å². The third-order valence-electron chi connectivity index (χ3n) is 6.25. The van der Waals surface area contributed by atoms with Gasteiger partial charge < -0.3 is 4.74 Å². The van der Waals surface area contributed by atoms with E-state index in [1.54, 1.807) is 17.5 Å². The van der Waals surface area contributed by atoms with Crippen LogP contribution in [0.4, 0.5) is 18.3 Å². The van der Waals surface area contributed by atoms with Crippen molar-refractivity contribution in [2.75, 3.05) is 17.9 Å². The number of rotatable bonds is 5. The molecule has 5 rings (SSSR count). The minimum Gasteiger partial charge on any atom is -0.493 e. The summed E-state index contributed by atoms with van der Waals surface area (Å²) < 4.78 is 76.5. The lowest BCUT2D eigenvalue weighted by atomic mass is 9.89. The molecule has 0 radical (unpaired) electrons. The van der Waals surface area contributed by atoms with Crippen LogP contribution in [0.1, 0.15) is 42.5 Å². The van der Waals surface area contributed by atoms with Gasteiger partial charge in [0.05, 0.1) is 6.61 Å². The molecule has 0 bridgehead atoms. The Morgan fingerprint density at radius 1 is 1.12 bits per heavy atom. The Morgan fingerprint density at radius 2 is 1.91 bits per heavy atom. The third kappa shape index (κ3) is 4.51. The highest BCUT2D eigenvalue weighted by molar-refractivity contribution is 7.93. The first-order chi connectivity index (χ1) is 16.3. The van der Waals surface area contributed by atoms with Gasteiger partial charge in [0.15, 0.2) is 5.13 Å². The van der Waals surface area contributed by atoms with E-state index in [9.17, 15) is 17.2 Å². The predicted octanol–water partition coefficient (Wildman–Crippen LogP) is 5.22. The first kappa shape index (κ1) is 23.1. The van der Waals surface area contributed by atoms with E-state index in [0.717, 1.165) is 16.9 Å². The molecule has 0 aliphatic carbocycles. The molecular formula is C23H22F3N3O3S2. The minimum atomic E-state index is -4.21. The summed E-state index contributed by atoms with van der Waals surface area (Å²) in [7, 11) is -4.21. The zero-order chi connectivity index (χ0) is 23.9. The lowest BCUT2D eigenvalue weighted by Crippen LogP contribution is -2.41. The third-order valence-corrected chi connectivity index (χ3v) is 8.42. The number of hydrogen-bond acceptors (Lipinski definition) is 6. The number of nitrogens with one attached hydrogen (secondary N) is 1. The summed E-state index contributed by atoms with van der Waals surface area (Å²) >= 11 is 1.08. The van der Waals surface area contributed by atoms with Crippen molar-refractivity contribution in [1.82, 2.24) is 9.88 Å². The molecule has 0 spiro atoms. The summed E-state index contributed by atoms with van der Waals surface area (Å²) in [4.78, 5) is 5.44. The zero-order valence-corrected chi connectivity index (χ0v) is 19.6. The van der Waals surface area contributed by atoms with Gasteiger partial charge in [-0.1, -0.05) is 12.1 Å². The van der Waals surface area contributed by atoms with Crippen molar-refractivity contribution in [2.45, 2.75) is 42.4 Å². The maximum Gasteiger partial charge on any atom is 0.266 e. The smallest absolute Gasteiger partial charge is 0.266 e. The molecule has 1 unspecified atom stereocenters. The van der Waals surface area contributed by atoms with E-state index in [1.165, 1.54) is 30.5 Å². The number of thiazole rings is 1. The summed E-state index contributed by atoms with van der Waals surface area (Å²) in [6.07, 6.45) is 1.55. The molecule has 34 heavy (non-hydrogen) atoms. The first-order valence-corrected chi connectivity index (χ1v) is 13.2. The number of anilines is 1. The van der Waals surface area contributed by atoms with Gasteiger partial charge in [-0.15, -0.1) is 11.3 Å². The summed E-state index contributed by atoms with van der Waals surface area (Å²) in [5.74, 6) is -1.00. The van der Waals surface area contributed by atoms with Crippen LogP contribution in [0.2, 0.25) is 0 Å². The number of halogens is 3. The molecule has 1 aromatic heterocycles. The van der Waals surface area contributed by atoms with Gasteiger partial charge in [-0.05, 0) is 36.6 Å². The Labute approximate surface area is 199 Å². The van der Waals surface area contributed by atoms with Crippen LogP contribution in [0.3, 0.4) is 0 Å². The molecule has 1 N–H and O–H groups in total. The van der Waals surface area contributed by atoms with E-state index in [2.05, 4.69) is 14.6 Å². The fraction of sp³-hybridized carbons (Fsp3) is 0.348. The molecule has 3 atom stereocenters. The Hall–Kier alpha value is -2.63. The number of hydrogen-bond donors (Lipinski definition) is 1. The average molecular weight is 510 g/mol. The Bertz CT molecular complexity index is 1270. The van der Waals surface area contributed by atoms with Crippen molar-refractivity contribution in [3.63, 3.8) is 0 Å². The van der Waals surface area contributed by atoms with E-state index in [4.69, 9.17) is 4.74 Å². The van der Waals surface area contributed by atoms with Gasteiger partial charge >= 0.3 is 0 Å². The number of nitrogens with zero attached hydrogens (tertiary/aromatic N) is 2. The molecule has 3 heterocycles. The van der Waals surface area contributed by atoms with Crippen LogP contribution in [0.15, 0.2) is 52.9 Å². The monoisotopic (exact) mass is 509 g/mol. The standard InChI is InChI=1S/C23H22F3N3O3S2/c24-15-3-1-14(2-4-15)20-11-16(25)5-8-29(20)19-6-9-32-21-13-22(18(26)12-17(19)21)34(30,31)28-23-27-7-10-33-23/h1-4,7,10,12-13,16,19-20H,5-6,8-9,11H2,(H,27,28)/t16?,19-,20-/m0/s1. The van der Waals surface area contributed by atoms with Gasteiger partial charge in [-0.2, -0.15) is 0 Å². The lowest BCUT2D eigenvalue weighted by Gasteiger charge is -2.44. The second-order valence-electron chi connectivity index (χ2n) is 8.34. The highest BCUT2D eigenvalue weighted by atomic mass is 32.2. The molecule has 0 saturated carbocycles. The van der Waals surface area contributed by atoms with Crippen LogP contribution in [0.5, 0.6) is 5.75 Å². The van der Waals surface area contributed by atoms with Crippen molar-refractivity contribution < 1.29 is 26.3 Å². The number of alkyl halides is 1. The Balaban J connectivity index is 1.49. The summed E-state index contributed by atoms with van der Waals surface area (Å²) in [6.45, 7) is 0.731. The molecule has 2 aromatic carbocycles. The topological polar surface area (TPSA) is 71.5 Å². The largest absolute Gasteiger partial charge is 0.493 e. The average Bonchev–Trinajstić information content (AvgIpc) is 3.31. The van der Waals surface area contributed by atoms with E-state index >= 15 is 4.39 Å². The van der Waals surface area contributed by atoms with Crippen molar-refractivity contribution in [3.8, 4) is 5.75 Å². The lowest BCUT2D eigenvalue weighted by molar-refractivity contribution is 0.0342. The van der Waals surface area contributed by atoms with Crippen molar-refractivity contribution in [2.24, 2.45) is 0 Å². The number of sulfonamides is 1.